The third-order valence-electron chi connectivity index (χ3n) is 3.59. The Morgan fingerprint density at radius 2 is 1.95 bits per heavy atom. The van der Waals surface area contributed by atoms with Crippen molar-refractivity contribution in [1.82, 2.24) is 19.9 Å². The van der Waals surface area contributed by atoms with Crippen molar-refractivity contribution in [3.8, 4) is 0 Å². The zero-order valence-electron chi connectivity index (χ0n) is 11.1. The van der Waals surface area contributed by atoms with Crippen LogP contribution in [0, 0.1) is 6.92 Å². The molecule has 0 saturated carbocycles. The Morgan fingerprint density at radius 1 is 1.21 bits per heavy atom. The van der Waals surface area contributed by atoms with Gasteiger partial charge in [-0.05, 0) is 38.4 Å². The first-order chi connectivity index (χ1) is 9.31. The summed E-state index contributed by atoms with van der Waals surface area (Å²) in [7, 11) is 0. The second-order valence-electron chi connectivity index (χ2n) is 5.10. The van der Waals surface area contributed by atoms with Crippen LogP contribution in [0.15, 0.2) is 29.3 Å². The van der Waals surface area contributed by atoms with Crippen molar-refractivity contribution >= 4 is 0 Å². The summed E-state index contributed by atoms with van der Waals surface area (Å²) in [5.74, 6) is 2.25. The Labute approximate surface area is 112 Å². The molecule has 1 saturated heterocycles. The van der Waals surface area contributed by atoms with E-state index in [4.69, 9.17) is 4.42 Å². The van der Waals surface area contributed by atoms with Gasteiger partial charge in [-0.15, -0.1) is 0 Å². The molecule has 2 aromatic heterocycles. The Hall–Kier alpha value is -1.75. The summed E-state index contributed by atoms with van der Waals surface area (Å²) in [6.45, 7) is 4.93. The zero-order chi connectivity index (χ0) is 13.1. The molecule has 0 aromatic carbocycles. The first kappa shape index (κ1) is 12.3. The van der Waals surface area contributed by atoms with Crippen LogP contribution >= 0.6 is 0 Å². The van der Waals surface area contributed by atoms with Gasteiger partial charge in [0.2, 0.25) is 0 Å². The van der Waals surface area contributed by atoms with Crippen LogP contribution in [-0.2, 0) is 6.54 Å². The number of piperidine rings is 1. The molecule has 5 heteroatoms. The van der Waals surface area contributed by atoms with Crippen molar-refractivity contribution < 1.29 is 4.42 Å². The maximum atomic E-state index is 5.39. The fourth-order valence-electron chi connectivity index (χ4n) is 2.48. The van der Waals surface area contributed by atoms with Gasteiger partial charge < -0.3 is 4.42 Å². The largest absolute Gasteiger partial charge is 0.449 e. The highest BCUT2D eigenvalue weighted by atomic mass is 16.3. The van der Waals surface area contributed by atoms with E-state index in [0.29, 0.717) is 5.92 Å². The molecule has 0 atom stereocenters. The fourth-order valence-corrected chi connectivity index (χ4v) is 2.48. The summed E-state index contributed by atoms with van der Waals surface area (Å²) >= 11 is 0. The first-order valence-corrected chi connectivity index (χ1v) is 6.70. The predicted octanol–water partition coefficient (Wildman–Crippen LogP) is 2.15. The van der Waals surface area contributed by atoms with Gasteiger partial charge in [-0.25, -0.2) is 15.0 Å². The fraction of sp³-hybridized carbons (Fsp3) is 0.500. The first-order valence-electron chi connectivity index (χ1n) is 6.70. The number of hydrogen-bond acceptors (Lipinski definition) is 5. The third-order valence-corrected chi connectivity index (χ3v) is 3.59. The monoisotopic (exact) mass is 258 g/mol. The molecule has 2 aromatic rings. The van der Waals surface area contributed by atoms with Gasteiger partial charge in [-0.2, -0.15) is 0 Å². The number of rotatable bonds is 3. The molecule has 1 fully saturated rings. The van der Waals surface area contributed by atoms with E-state index in [9.17, 15) is 0 Å². The topological polar surface area (TPSA) is 55.1 Å². The molecule has 3 heterocycles. The van der Waals surface area contributed by atoms with Crippen LogP contribution in [0.1, 0.15) is 36.0 Å². The van der Waals surface area contributed by atoms with Gasteiger partial charge >= 0.3 is 0 Å². The maximum Gasteiger partial charge on any atom is 0.197 e. The highest BCUT2D eigenvalue weighted by Gasteiger charge is 2.23. The summed E-state index contributed by atoms with van der Waals surface area (Å²) in [6.07, 6.45) is 9.31. The molecule has 0 radical (unpaired) electrons. The molecule has 1 aliphatic rings. The number of nitrogens with zero attached hydrogens (tertiary/aromatic N) is 4. The third kappa shape index (κ3) is 2.98. The van der Waals surface area contributed by atoms with Crippen LogP contribution in [0.2, 0.25) is 0 Å². The predicted molar refractivity (Wildman–Crippen MR) is 70.5 cm³/mol. The van der Waals surface area contributed by atoms with Crippen LogP contribution in [0.3, 0.4) is 0 Å². The van der Waals surface area contributed by atoms with Gasteiger partial charge in [0.25, 0.3) is 0 Å². The lowest BCUT2D eigenvalue weighted by molar-refractivity contribution is 0.189. The van der Waals surface area contributed by atoms with Gasteiger partial charge in [0.1, 0.15) is 12.1 Å². The Bertz CT molecular complexity index is 501. The molecule has 0 bridgehead atoms. The van der Waals surface area contributed by atoms with E-state index in [1.54, 1.807) is 12.5 Å². The smallest absolute Gasteiger partial charge is 0.197 e. The van der Waals surface area contributed by atoms with E-state index < -0.39 is 0 Å². The number of aryl methyl sites for hydroxylation is 1. The Morgan fingerprint density at radius 3 is 2.58 bits per heavy atom. The van der Waals surface area contributed by atoms with Crippen LogP contribution in [0.4, 0.5) is 0 Å². The second-order valence-corrected chi connectivity index (χ2v) is 5.10. The van der Waals surface area contributed by atoms with Gasteiger partial charge in [0, 0.05) is 18.3 Å². The van der Waals surface area contributed by atoms with Crippen molar-refractivity contribution in [3.05, 3.63) is 42.1 Å². The number of aromatic nitrogens is 3. The molecule has 19 heavy (non-hydrogen) atoms. The Kier molecular flexibility index (Phi) is 3.55. The molecule has 0 N–H and O–H groups in total. The molecule has 0 amide bonds. The minimum absolute atomic E-state index is 0.463. The molecular formula is C14H18N4O. The van der Waals surface area contributed by atoms with E-state index >= 15 is 0 Å². The van der Waals surface area contributed by atoms with Crippen LogP contribution in [-0.4, -0.2) is 32.9 Å². The van der Waals surface area contributed by atoms with Crippen molar-refractivity contribution in [2.75, 3.05) is 13.1 Å². The summed E-state index contributed by atoms with van der Waals surface area (Å²) < 4.78 is 5.39. The molecule has 5 nitrogen and oxygen atoms in total. The Balaban J connectivity index is 1.54. The van der Waals surface area contributed by atoms with Crippen LogP contribution in [0.5, 0.6) is 0 Å². The van der Waals surface area contributed by atoms with E-state index in [1.807, 2.05) is 19.3 Å². The van der Waals surface area contributed by atoms with E-state index in [0.717, 1.165) is 49.8 Å². The van der Waals surface area contributed by atoms with E-state index in [1.165, 1.54) is 0 Å². The number of hydrogen-bond donors (Lipinski definition) is 0. The molecule has 0 unspecified atom stereocenters. The SMILES string of the molecule is Cc1cnc(CN2CCC(c3ncco3)CC2)nc1. The molecule has 0 aliphatic carbocycles. The quantitative estimate of drug-likeness (QED) is 0.844. The minimum Gasteiger partial charge on any atom is -0.449 e. The standard InChI is InChI=1S/C14H18N4O/c1-11-8-16-13(17-9-11)10-18-5-2-12(3-6-18)14-15-4-7-19-14/h4,7-9,12H,2-3,5-6,10H2,1H3. The van der Waals surface area contributed by atoms with Crippen molar-refractivity contribution in [2.45, 2.75) is 32.2 Å². The van der Waals surface area contributed by atoms with Crippen LogP contribution < -0.4 is 0 Å². The summed E-state index contributed by atoms with van der Waals surface area (Å²) in [6, 6.07) is 0. The summed E-state index contributed by atoms with van der Waals surface area (Å²) in [5.41, 5.74) is 1.10. The van der Waals surface area contributed by atoms with Crippen molar-refractivity contribution in [1.29, 1.82) is 0 Å². The number of oxazole rings is 1. The van der Waals surface area contributed by atoms with Gasteiger partial charge in [-0.3, -0.25) is 4.90 Å². The molecule has 100 valence electrons. The maximum absolute atomic E-state index is 5.39. The van der Waals surface area contributed by atoms with Crippen LogP contribution in [0.25, 0.3) is 0 Å². The normalized spacial score (nSPS) is 17.7. The average Bonchev–Trinajstić information content (AvgIpc) is 2.96. The molecular weight excluding hydrogens is 240 g/mol. The van der Waals surface area contributed by atoms with E-state index in [-0.39, 0.29) is 0 Å². The van der Waals surface area contributed by atoms with Gasteiger partial charge in [0.05, 0.1) is 12.7 Å². The highest BCUT2D eigenvalue weighted by molar-refractivity contribution is 5.02. The lowest BCUT2D eigenvalue weighted by Gasteiger charge is -2.29. The van der Waals surface area contributed by atoms with Gasteiger partial charge in [-0.1, -0.05) is 0 Å². The zero-order valence-corrected chi connectivity index (χ0v) is 11.1. The summed E-state index contributed by atoms with van der Waals surface area (Å²) in [5, 5.41) is 0. The number of likely N-dealkylation sites (tertiary alicyclic amines) is 1. The lowest BCUT2D eigenvalue weighted by Crippen LogP contribution is -2.33. The lowest BCUT2D eigenvalue weighted by atomic mass is 9.97. The minimum atomic E-state index is 0.463. The summed E-state index contributed by atoms with van der Waals surface area (Å²) in [4.78, 5) is 15.4. The average molecular weight is 258 g/mol. The van der Waals surface area contributed by atoms with E-state index in [2.05, 4.69) is 19.9 Å². The molecule has 1 aliphatic heterocycles. The van der Waals surface area contributed by atoms with Gasteiger partial charge in [0.15, 0.2) is 5.89 Å². The second kappa shape index (κ2) is 5.48. The molecule has 3 rings (SSSR count). The molecule has 0 spiro atoms. The van der Waals surface area contributed by atoms with Crippen molar-refractivity contribution in [2.24, 2.45) is 0 Å². The highest BCUT2D eigenvalue weighted by Crippen LogP contribution is 2.26. The van der Waals surface area contributed by atoms with Crippen molar-refractivity contribution in [3.63, 3.8) is 0 Å².